The monoisotopic (exact) mass is 335 g/mol. The summed E-state index contributed by atoms with van der Waals surface area (Å²) in [7, 11) is 0. The summed E-state index contributed by atoms with van der Waals surface area (Å²) >= 11 is 0. The maximum atomic E-state index is 12.6. The smallest absolute Gasteiger partial charge is 0.257 e. The largest absolute Gasteiger partial charge is 0.472 e. The standard InChI is InChI=1S/C18H17N5O2/c19-7-12-1-4-16(20-8-12)25-15-5-6-23(11-15)18(24)14-9-21-17(22-10-14)13-2-3-13/h1,4,8-10,13,15H,2-3,5-6,11H2. The van der Waals surface area contributed by atoms with Gasteiger partial charge in [-0.15, -0.1) is 0 Å². The minimum absolute atomic E-state index is 0.0683. The van der Waals surface area contributed by atoms with Gasteiger partial charge in [-0.2, -0.15) is 5.26 Å². The van der Waals surface area contributed by atoms with E-state index in [-0.39, 0.29) is 12.0 Å². The molecule has 4 rings (SSSR count). The van der Waals surface area contributed by atoms with Crippen molar-refractivity contribution in [1.82, 2.24) is 19.9 Å². The predicted octanol–water partition coefficient (Wildman–Crippen LogP) is 1.91. The number of pyridine rings is 1. The quantitative estimate of drug-likeness (QED) is 0.847. The van der Waals surface area contributed by atoms with E-state index in [1.165, 1.54) is 6.20 Å². The summed E-state index contributed by atoms with van der Waals surface area (Å²) in [6.45, 7) is 1.13. The molecule has 25 heavy (non-hydrogen) atoms. The number of amides is 1. The van der Waals surface area contributed by atoms with Crippen LogP contribution in [0.5, 0.6) is 5.88 Å². The third kappa shape index (κ3) is 3.43. The molecule has 126 valence electrons. The molecule has 7 heteroatoms. The number of carbonyl (C=O) groups is 1. The number of hydrogen-bond acceptors (Lipinski definition) is 6. The Morgan fingerprint density at radius 1 is 1.16 bits per heavy atom. The van der Waals surface area contributed by atoms with Crippen LogP contribution < -0.4 is 4.74 Å². The average Bonchev–Trinajstić information content (AvgIpc) is 3.41. The molecular formula is C18H17N5O2. The maximum absolute atomic E-state index is 12.6. The van der Waals surface area contributed by atoms with Crippen LogP contribution in [0.15, 0.2) is 30.7 Å². The van der Waals surface area contributed by atoms with Gasteiger partial charge >= 0.3 is 0 Å². The number of aromatic nitrogens is 3. The van der Waals surface area contributed by atoms with E-state index < -0.39 is 0 Å². The van der Waals surface area contributed by atoms with Crippen LogP contribution in [0.1, 0.15) is 46.9 Å². The van der Waals surface area contributed by atoms with Crippen LogP contribution >= 0.6 is 0 Å². The van der Waals surface area contributed by atoms with E-state index in [4.69, 9.17) is 10.00 Å². The summed E-state index contributed by atoms with van der Waals surface area (Å²) < 4.78 is 5.80. The third-order valence-electron chi connectivity index (χ3n) is 4.45. The van der Waals surface area contributed by atoms with Crippen molar-refractivity contribution >= 4 is 5.91 Å². The fourth-order valence-corrected chi connectivity index (χ4v) is 2.88. The molecule has 3 heterocycles. The Balaban J connectivity index is 1.36. The van der Waals surface area contributed by atoms with Gasteiger partial charge < -0.3 is 9.64 Å². The molecule has 0 spiro atoms. The Hall–Kier alpha value is -3.01. The maximum Gasteiger partial charge on any atom is 0.257 e. The molecule has 2 aliphatic rings. The Morgan fingerprint density at radius 2 is 1.96 bits per heavy atom. The first-order valence-corrected chi connectivity index (χ1v) is 8.37. The molecule has 0 N–H and O–H groups in total. The molecule has 1 atom stereocenters. The second-order valence-electron chi connectivity index (χ2n) is 6.38. The molecule has 1 amide bonds. The van der Waals surface area contributed by atoms with Gasteiger partial charge in [0, 0.05) is 43.5 Å². The number of ether oxygens (including phenoxy) is 1. The van der Waals surface area contributed by atoms with Crippen LogP contribution in [0.25, 0.3) is 0 Å². The summed E-state index contributed by atoms with van der Waals surface area (Å²) in [6, 6.07) is 5.36. The number of nitrogens with zero attached hydrogens (tertiary/aromatic N) is 5. The van der Waals surface area contributed by atoms with Crippen molar-refractivity contribution in [3.05, 3.63) is 47.7 Å². The van der Waals surface area contributed by atoms with Crippen molar-refractivity contribution < 1.29 is 9.53 Å². The molecule has 1 saturated carbocycles. The first-order chi connectivity index (χ1) is 12.2. The topological polar surface area (TPSA) is 92.0 Å². The van der Waals surface area contributed by atoms with Gasteiger partial charge in [0.05, 0.1) is 17.7 Å². The molecule has 2 fully saturated rings. The summed E-state index contributed by atoms with van der Waals surface area (Å²) in [5.41, 5.74) is 1.01. The van der Waals surface area contributed by atoms with Gasteiger partial charge in [0.25, 0.3) is 5.91 Å². The Bertz CT molecular complexity index is 809. The fraction of sp³-hybridized carbons (Fsp3) is 0.389. The van der Waals surface area contributed by atoms with E-state index in [1.54, 1.807) is 29.4 Å². The second-order valence-corrected chi connectivity index (χ2v) is 6.38. The minimum Gasteiger partial charge on any atom is -0.472 e. The molecule has 0 radical (unpaired) electrons. The molecule has 0 aromatic carbocycles. The average molecular weight is 335 g/mol. The summed E-state index contributed by atoms with van der Waals surface area (Å²) in [5.74, 6) is 1.72. The van der Waals surface area contributed by atoms with E-state index >= 15 is 0 Å². The Kier molecular flexibility index (Phi) is 4.02. The molecule has 2 aromatic heterocycles. The normalized spacial score (nSPS) is 19.5. The number of hydrogen-bond donors (Lipinski definition) is 0. The van der Waals surface area contributed by atoms with Gasteiger partial charge in [0.1, 0.15) is 18.0 Å². The number of likely N-dealkylation sites (tertiary alicyclic amines) is 1. The van der Waals surface area contributed by atoms with Crippen LogP contribution in [0.2, 0.25) is 0 Å². The zero-order valence-corrected chi connectivity index (χ0v) is 13.6. The third-order valence-corrected chi connectivity index (χ3v) is 4.45. The first kappa shape index (κ1) is 15.5. The highest BCUT2D eigenvalue weighted by molar-refractivity contribution is 5.93. The van der Waals surface area contributed by atoms with Gasteiger partial charge in [-0.05, 0) is 18.9 Å². The zero-order chi connectivity index (χ0) is 17.2. The van der Waals surface area contributed by atoms with E-state index in [0.29, 0.717) is 36.0 Å². The SMILES string of the molecule is N#Cc1ccc(OC2CCN(C(=O)c3cnc(C4CC4)nc3)C2)nc1. The van der Waals surface area contributed by atoms with Gasteiger partial charge in [-0.25, -0.2) is 15.0 Å². The lowest BCUT2D eigenvalue weighted by Crippen LogP contribution is -2.31. The van der Waals surface area contributed by atoms with E-state index in [9.17, 15) is 4.79 Å². The number of rotatable bonds is 4. The molecule has 0 bridgehead atoms. The van der Waals surface area contributed by atoms with E-state index in [2.05, 4.69) is 15.0 Å². The molecule has 1 saturated heterocycles. The van der Waals surface area contributed by atoms with Gasteiger partial charge in [0.2, 0.25) is 5.88 Å². The molecule has 1 aliphatic heterocycles. The zero-order valence-electron chi connectivity index (χ0n) is 13.6. The summed E-state index contributed by atoms with van der Waals surface area (Å²) in [5, 5.41) is 8.78. The molecular weight excluding hydrogens is 318 g/mol. The fourth-order valence-electron chi connectivity index (χ4n) is 2.88. The highest BCUT2D eigenvalue weighted by Gasteiger charge is 2.30. The van der Waals surface area contributed by atoms with Gasteiger partial charge in [-0.3, -0.25) is 4.79 Å². The highest BCUT2D eigenvalue weighted by atomic mass is 16.5. The van der Waals surface area contributed by atoms with Crippen molar-refractivity contribution in [2.75, 3.05) is 13.1 Å². The first-order valence-electron chi connectivity index (χ1n) is 8.37. The van der Waals surface area contributed by atoms with Gasteiger partial charge in [0.15, 0.2) is 0 Å². The number of nitriles is 1. The lowest BCUT2D eigenvalue weighted by atomic mass is 10.3. The van der Waals surface area contributed by atoms with Crippen LogP contribution in [-0.4, -0.2) is 45.0 Å². The molecule has 1 unspecified atom stereocenters. The van der Waals surface area contributed by atoms with E-state index in [0.717, 1.165) is 25.1 Å². The van der Waals surface area contributed by atoms with Gasteiger partial charge in [-0.1, -0.05) is 0 Å². The van der Waals surface area contributed by atoms with Crippen LogP contribution in [0, 0.1) is 11.3 Å². The van der Waals surface area contributed by atoms with Crippen molar-refractivity contribution in [3.8, 4) is 11.9 Å². The Labute approximate surface area is 145 Å². The lowest BCUT2D eigenvalue weighted by molar-refractivity contribution is 0.0770. The summed E-state index contributed by atoms with van der Waals surface area (Å²) in [6.07, 6.45) is 7.65. The molecule has 2 aromatic rings. The minimum atomic E-state index is -0.101. The van der Waals surface area contributed by atoms with Crippen molar-refractivity contribution in [2.24, 2.45) is 0 Å². The van der Waals surface area contributed by atoms with E-state index in [1.807, 2.05) is 6.07 Å². The lowest BCUT2D eigenvalue weighted by Gasteiger charge is -2.16. The summed E-state index contributed by atoms with van der Waals surface area (Å²) in [4.78, 5) is 27.0. The second kappa shape index (κ2) is 6.48. The van der Waals surface area contributed by atoms with Crippen molar-refractivity contribution in [1.29, 1.82) is 5.26 Å². The van der Waals surface area contributed by atoms with Crippen LogP contribution in [-0.2, 0) is 0 Å². The number of carbonyl (C=O) groups excluding carboxylic acids is 1. The highest BCUT2D eigenvalue weighted by Crippen LogP contribution is 2.37. The molecule has 7 nitrogen and oxygen atoms in total. The van der Waals surface area contributed by atoms with Crippen molar-refractivity contribution in [2.45, 2.75) is 31.3 Å². The Morgan fingerprint density at radius 3 is 2.60 bits per heavy atom. The van der Waals surface area contributed by atoms with Crippen LogP contribution in [0.4, 0.5) is 0 Å². The van der Waals surface area contributed by atoms with Crippen molar-refractivity contribution in [3.63, 3.8) is 0 Å². The predicted molar refractivity (Wildman–Crippen MR) is 87.9 cm³/mol. The molecule has 1 aliphatic carbocycles. The van der Waals surface area contributed by atoms with Crippen LogP contribution in [0.3, 0.4) is 0 Å².